The summed E-state index contributed by atoms with van der Waals surface area (Å²) in [6.45, 7) is 4.18. The predicted molar refractivity (Wildman–Crippen MR) is 68.5 cm³/mol. The molecule has 0 atom stereocenters. The lowest BCUT2D eigenvalue weighted by Crippen LogP contribution is -1.85. The van der Waals surface area contributed by atoms with Crippen LogP contribution in [-0.4, -0.2) is 10.1 Å². The minimum absolute atomic E-state index is 0.134. The van der Waals surface area contributed by atoms with Crippen LogP contribution in [0.4, 0.5) is 10.8 Å². The van der Waals surface area contributed by atoms with Crippen LogP contribution in [0.1, 0.15) is 25.3 Å². The third kappa shape index (κ3) is 2.88. The average Bonchev–Trinajstić information content (AvgIpc) is 2.80. The molecule has 2 rings (SSSR count). The van der Waals surface area contributed by atoms with Crippen molar-refractivity contribution in [2.45, 2.75) is 19.8 Å². The van der Waals surface area contributed by atoms with Gasteiger partial charge in [0.2, 0.25) is 5.13 Å². The van der Waals surface area contributed by atoms with Crippen molar-refractivity contribution in [1.82, 2.24) is 4.98 Å². The van der Waals surface area contributed by atoms with E-state index in [1.165, 1.54) is 11.3 Å². The van der Waals surface area contributed by atoms with Crippen LogP contribution in [0.2, 0.25) is 0 Å². The molecular formula is C12H13N3OS. The average molecular weight is 247 g/mol. The van der Waals surface area contributed by atoms with Gasteiger partial charge in [0, 0.05) is 11.6 Å². The summed E-state index contributed by atoms with van der Waals surface area (Å²) in [5, 5.41) is 20.1. The van der Waals surface area contributed by atoms with E-state index < -0.39 is 0 Å². The molecule has 0 unspecified atom stereocenters. The molecule has 0 fully saturated rings. The molecule has 1 N–H and O–H groups in total. The summed E-state index contributed by atoms with van der Waals surface area (Å²) in [5.74, 6) is 0.527. The topological polar surface area (TPSA) is 57.8 Å². The van der Waals surface area contributed by atoms with Crippen molar-refractivity contribution in [3.8, 4) is 5.75 Å². The van der Waals surface area contributed by atoms with Gasteiger partial charge in [-0.3, -0.25) is 0 Å². The number of rotatable bonds is 3. The first-order valence-corrected chi connectivity index (χ1v) is 6.19. The molecule has 0 saturated carbocycles. The first kappa shape index (κ1) is 11.7. The van der Waals surface area contributed by atoms with E-state index in [9.17, 15) is 5.11 Å². The minimum Gasteiger partial charge on any atom is -0.506 e. The van der Waals surface area contributed by atoms with Crippen LogP contribution in [0, 0.1) is 0 Å². The van der Waals surface area contributed by atoms with E-state index in [2.05, 4.69) is 29.1 Å². The van der Waals surface area contributed by atoms with Gasteiger partial charge in [0.15, 0.2) is 0 Å². The predicted octanol–water partition coefficient (Wildman–Crippen LogP) is 4.39. The number of hydrogen-bond acceptors (Lipinski definition) is 5. The van der Waals surface area contributed by atoms with Gasteiger partial charge in [0.05, 0.1) is 0 Å². The highest BCUT2D eigenvalue weighted by molar-refractivity contribution is 7.13. The van der Waals surface area contributed by atoms with Crippen LogP contribution in [-0.2, 0) is 0 Å². The third-order valence-corrected chi connectivity index (χ3v) is 2.98. The summed E-state index contributed by atoms with van der Waals surface area (Å²) in [4.78, 5) is 3.99. The number of benzene rings is 1. The largest absolute Gasteiger partial charge is 0.506 e. The quantitative estimate of drug-likeness (QED) is 0.818. The van der Waals surface area contributed by atoms with E-state index in [0.717, 1.165) is 5.56 Å². The number of azo groups is 1. The molecule has 0 bridgehead atoms. The van der Waals surface area contributed by atoms with E-state index in [4.69, 9.17) is 0 Å². The summed E-state index contributed by atoms with van der Waals surface area (Å²) >= 11 is 1.41. The zero-order chi connectivity index (χ0) is 12.3. The molecular weight excluding hydrogens is 234 g/mol. The van der Waals surface area contributed by atoms with Gasteiger partial charge in [-0.25, -0.2) is 4.98 Å². The number of aromatic hydroxyl groups is 1. The maximum absolute atomic E-state index is 9.67. The van der Waals surface area contributed by atoms with Crippen LogP contribution in [0.3, 0.4) is 0 Å². The third-order valence-electron chi connectivity index (χ3n) is 2.33. The van der Waals surface area contributed by atoms with Crippen molar-refractivity contribution in [2.24, 2.45) is 10.2 Å². The van der Waals surface area contributed by atoms with E-state index in [1.54, 1.807) is 12.3 Å². The van der Waals surface area contributed by atoms with Crippen LogP contribution >= 0.6 is 11.3 Å². The zero-order valence-electron chi connectivity index (χ0n) is 9.66. The fourth-order valence-corrected chi connectivity index (χ4v) is 1.79. The molecule has 5 heteroatoms. The van der Waals surface area contributed by atoms with Gasteiger partial charge in [-0.05, 0) is 23.6 Å². The van der Waals surface area contributed by atoms with Crippen molar-refractivity contribution in [2.75, 3.05) is 0 Å². The van der Waals surface area contributed by atoms with Crippen molar-refractivity contribution in [3.63, 3.8) is 0 Å². The molecule has 88 valence electrons. The van der Waals surface area contributed by atoms with Gasteiger partial charge in [0.25, 0.3) is 0 Å². The molecule has 1 aromatic carbocycles. The zero-order valence-corrected chi connectivity index (χ0v) is 10.5. The maximum Gasteiger partial charge on any atom is 0.229 e. The standard InChI is InChI=1S/C12H13N3OS/c1-8(2)9-3-4-11(16)10(7-9)14-15-12-13-5-6-17-12/h3-8,16H,1-2H3/b15-14+. The van der Waals surface area contributed by atoms with Gasteiger partial charge >= 0.3 is 0 Å². The van der Waals surface area contributed by atoms with Crippen LogP contribution in [0.5, 0.6) is 5.75 Å². The SMILES string of the molecule is CC(C)c1ccc(O)c(/N=N/c2nccs2)c1. The normalized spacial score (nSPS) is 11.5. The fraction of sp³-hybridized carbons (Fsp3) is 0.250. The second-order valence-corrected chi connectivity index (χ2v) is 4.79. The van der Waals surface area contributed by atoms with E-state index >= 15 is 0 Å². The summed E-state index contributed by atoms with van der Waals surface area (Å²) in [7, 11) is 0. The summed E-state index contributed by atoms with van der Waals surface area (Å²) in [6, 6.07) is 5.38. The van der Waals surface area contributed by atoms with Gasteiger partial charge in [0.1, 0.15) is 11.4 Å². The highest BCUT2D eigenvalue weighted by Gasteiger charge is 2.05. The van der Waals surface area contributed by atoms with Crippen molar-refractivity contribution >= 4 is 22.2 Å². The summed E-state index contributed by atoms with van der Waals surface area (Å²) in [5.41, 5.74) is 1.60. The van der Waals surface area contributed by atoms with Gasteiger partial charge in [-0.2, -0.15) is 0 Å². The van der Waals surface area contributed by atoms with Gasteiger partial charge in [-0.15, -0.1) is 21.6 Å². The summed E-state index contributed by atoms with van der Waals surface area (Å²) in [6.07, 6.45) is 1.67. The maximum atomic E-state index is 9.67. The van der Waals surface area contributed by atoms with Crippen LogP contribution < -0.4 is 0 Å². The van der Waals surface area contributed by atoms with Crippen molar-refractivity contribution in [1.29, 1.82) is 0 Å². The Morgan fingerprint density at radius 2 is 2.12 bits per heavy atom. The lowest BCUT2D eigenvalue weighted by Gasteiger charge is -2.06. The molecule has 1 aromatic heterocycles. The highest BCUT2D eigenvalue weighted by Crippen LogP contribution is 2.31. The second kappa shape index (κ2) is 5.05. The smallest absolute Gasteiger partial charge is 0.229 e. The van der Waals surface area contributed by atoms with E-state index in [0.29, 0.717) is 16.7 Å². The molecule has 0 aliphatic carbocycles. The Labute approximate surface area is 104 Å². The lowest BCUT2D eigenvalue weighted by molar-refractivity contribution is 0.476. The Kier molecular flexibility index (Phi) is 3.49. The Balaban J connectivity index is 2.28. The Morgan fingerprint density at radius 1 is 1.29 bits per heavy atom. The Bertz CT molecular complexity index is 521. The monoisotopic (exact) mass is 247 g/mol. The molecule has 1 heterocycles. The molecule has 0 saturated heterocycles. The van der Waals surface area contributed by atoms with Crippen molar-refractivity contribution < 1.29 is 5.11 Å². The van der Waals surface area contributed by atoms with Crippen LogP contribution in [0.15, 0.2) is 40.0 Å². The molecule has 2 aromatic rings. The summed E-state index contributed by atoms with van der Waals surface area (Å²) < 4.78 is 0. The molecule has 4 nitrogen and oxygen atoms in total. The molecule has 0 radical (unpaired) electrons. The van der Waals surface area contributed by atoms with E-state index in [-0.39, 0.29) is 5.75 Å². The molecule has 0 spiro atoms. The van der Waals surface area contributed by atoms with Crippen LogP contribution in [0.25, 0.3) is 0 Å². The van der Waals surface area contributed by atoms with E-state index in [1.807, 2.05) is 17.5 Å². The minimum atomic E-state index is 0.134. The molecule has 0 aliphatic heterocycles. The Morgan fingerprint density at radius 3 is 2.76 bits per heavy atom. The number of phenolic OH excluding ortho intramolecular Hbond substituents is 1. The number of hydrogen-bond donors (Lipinski definition) is 1. The lowest BCUT2D eigenvalue weighted by atomic mass is 10.0. The van der Waals surface area contributed by atoms with Gasteiger partial charge in [-0.1, -0.05) is 19.9 Å². The first-order chi connectivity index (χ1) is 8.16. The van der Waals surface area contributed by atoms with Gasteiger partial charge < -0.3 is 5.11 Å². The highest BCUT2D eigenvalue weighted by atomic mass is 32.1. The number of aromatic nitrogens is 1. The number of phenols is 1. The fourth-order valence-electron chi connectivity index (χ4n) is 1.34. The Hall–Kier alpha value is -1.75. The molecule has 0 amide bonds. The first-order valence-electron chi connectivity index (χ1n) is 5.31. The second-order valence-electron chi connectivity index (χ2n) is 3.92. The number of thiazole rings is 1. The molecule has 17 heavy (non-hydrogen) atoms. The molecule has 0 aliphatic rings. The van der Waals surface area contributed by atoms with Crippen molar-refractivity contribution in [3.05, 3.63) is 35.3 Å². The number of nitrogens with zero attached hydrogens (tertiary/aromatic N) is 3.